The van der Waals surface area contributed by atoms with Gasteiger partial charge in [0.05, 0.1) is 29.1 Å². The number of rotatable bonds is 9. The lowest BCUT2D eigenvalue weighted by atomic mass is 9.94. The van der Waals surface area contributed by atoms with Crippen molar-refractivity contribution in [3.05, 3.63) is 65.2 Å². The highest BCUT2D eigenvalue weighted by Crippen LogP contribution is 2.23. The van der Waals surface area contributed by atoms with Crippen LogP contribution in [0.15, 0.2) is 53.4 Å². The first-order valence-corrected chi connectivity index (χ1v) is 11.5. The quantitative estimate of drug-likeness (QED) is 0.661. The minimum Gasteiger partial charge on any atom is -0.348 e. The van der Waals surface area contributed by atoms with Crippen molar-refractivity contribution in [1.82, 2.24) is 9.62 Å². The monoisotopic (exact) mass is 427 g/mol. The molecule has 1 N–H and O–H groups in total. The van der Waals surface area contributed by atoms with Crippen molar-refractivity contribution in [2.45, 2.75) is 44.6 Å². The second-order valence-electron chi connectivity index (χ2n) is 7.68. The summed E-state index contributed by atoms with van der Waals surface area (Å²) in [6, 6.07) is 15.6. The van der Waals surface area contributed by atoms with Gasteiger partial charge in [0.2, 0.25) is 15.9 Å². The molecule has 2 rings (SSSR count). The Bertz CT molecular complexity index is 991. The number of hydrogen-bond acceptors (Lipinski definition) is 4. The first kappa shape index (κ1) is 23.6. The maximum absolute atomic E-state index is 12.7. The summed E-state index contributed by atoms with van der Waals surface area (Å²) in [5.41, 5.74) is 2.62. The van der Waals surface area contributed by atoms with Crippen LogP contribution in [0.5, 0.6) is 0 Å². The Balaban J connectivity index is 2.09. The van der Waals surface area contributed by atoms with Crippen LogP contribution in [0.1, 0.15) is 49.9 Å². The molecule has 0 heterocycles. The molecular weight excluding hydrogens is 398 g/mol. The van der Waals surface area contributed by atoms with Crippen LogP contribution in [0.2, 0.25) is 0 Å². The third-order valence-electron chi connectivity index (χ3n) is 4.92. The van der Waals surface area contributed by atoms with E-state index < -0.39 is 10.0 Å². The van der Waals surface area contributed by atoms with Gasteiger partial charge in [-0.25, -0.2) is 8.42 Å². The number of nitrogens with zero attached hydrogens (tertiary/aromatic N) is 2. The van der Waals surface area contributed by atoms with Gasteiger partial charge in [0.15, 0.2) is 0 Å². The van der Waals surface area contributed by atoms with Crippen molar-refractivity contribution in [3.8, 4) is 6.07 Å². The molecule has 0 radical (unpaired) electrons. The van der Waals surface area contributed by atoms with Crippen LogP contribution >= 0.6 is 0 Å². The molecule has 0 aliphatic carbocycles. The van der Waals surface area contributed by atoms with Gasteiger partial charge in [-0.1, -0.05) is 51.5 Å². The Morgan fingerprint density at radius 3 is 2.20 bits per heavy atom. The molecule has 1 unspecified atom stereocenters. The van der Waals surface area contributed by atoms with Gasteiger partial charge in [0.1, 0.15) is 0 Å². The molecule has 160 valence electrons. The SMILES string of the molecule is CCCc1ccc(C(NC(=O)CN(C)S(=O)(=O)c2ccc(C#N)cc2)C(C)C)cc1. The van der Waals surface area contributed by atoms with E-state index in [1.165, 1.54) is 36.9 Å². The Labute approximate surface area is 179 Å². The van der Waals surface area contributed by atoms with Gasteiger partial charge in [0, 0.05) is 7.05 Å². The minimum absolute atomic E-state index is 0.0451. The molecule has 0 spiro atoms. The molecule has 0 saturated heterocycles. The van der Waals surface area contributed by atoms with Crippen LogP contribution in [0.4, 0.5) is 0 Å². The van der Waals surface area contributed by atoms with Gasteiger partial charge in [-0.05, 0) is 47.7 Å². The topological polar surface area (TPSA) is 90.3 Å². The molecule has 0 aliphatic rings. The van der Waals surface area contributed by atoms with E-state index in [0.717, 1.165) is 22.7 Å². The third-order valence-corrected chi connectivity index (χ3v) is 6.74. The lowest BCUT2D eigenvalue weighted by Gasteiger charge is -2.25. The minimum atomic E-state index is -3.83. The summed E-state index contributed by atoms with van der Waals surface area (Å²) in [7, 11) is -2.46. The standard InChI is InChI=1S/C23H29N3O3S/c1-5-6-18-7-11-20(12-8-18)23(17(2)3)25-22(27)16-26(4)30(28,29)21-13-9-19(15-24)10-14-21/h7-14,17,23H,5-6,16H2,1-4H3,(H,25,27). The molecular formula is C23H29N3O3S. The maximum Gasteiger partial charge on any atom is 0.243 e. The molecule has 0 bridgehead atoms. The largest absolute Gasteiger partial charge is 0.348 e. The molecule has 0 aliphatic heterocycles. The van der Waals surface area contributed by atoms with E-state index in [2.05, 4.69) is 24.4 Å². The Morgan fingerprint density at radius 2 is 1.70 bits per heavy atom. The molecule has 1 amide bonds. The third kappa shape index (κ3) is 5.91. The van der Waals surface area contributed by atoms with E-state index in [1.54, 1.807) is 0 Å². The first-order chi connectivity index (χ1) is 14.2. The number of nitriles is 1. The molecule has 7 heteroatoms. The average Bonchev–Trinajstić information content (AvgIpc) is 2.72. The Kier molecular flexibility index (Phi) is 8.16. The number of amides is 1. The summed E-state index contributed by atoms with van der Waals surface area (Å²) < 4.78 is 26.5. The van der Waals surface area contributed by atoms with E-state index >= 15 is 0 Å². The predicted molar refractivity (Wildman–Crippen MR) is 117 cm³/mol. The fourth-order valence-corrected chi connectivity index (χ4v) is 4.33. The molecule has 2 aromatic carbocycles. The zero-order valence-electron chi connectivity index (χ0n) is 17.9. The Morgan fingerprint density at radius 1 is 1.10 bits per heavy atom. The zero-order valence-corrected chi connectivity index (χ0v) is 18.7. The van der Waals surface area contributed by atoms with Gasteiger partial charge >= 0.3 is 0 Å². The number of hydrogen-bond donors (Lipinski definition) is 1. The number of sulfonamides is 1. The maximum atomic E-state index is 12.7. The van der Waals surface area contributed by atoms with Crippen molar-refractivity contribution in [3.63, 3.8) is 0 Å². The van der Waals surface area contributed by atoms with Gasteiger partial charge in [0.25, 0.3) is 0 Å². The fourth-order valence-electron chi connectivity index (χ4n) is 3.20. The Hall–Kier alpha value is -2.69. The van der Waals surface area contributed by atoms with E-state index in [-0.39, 0.29) is 29.3 Å². The molecule has 0 saturated carbocycles. The molecule has 0 aromatic heterocycles. The van der Waals surface area contributed by atoms with Crippen molar-refractivity contribution in [2.24, 2.45) is 5.92 Å². The summed E-state index contributed by atoms with van der Waals surface area (Å²) in [5, 5.41) is 11.8. The van der Waals surface area contributed by atoms with Gasteiger partial charge in [-0.2, -0.15) is 9.57 Å². The van der Waals surface area contributed by atoms with E-state index in [1.807, 2.05) is 32.0 Å². The summed E-state index contributed by atoms with van der Waals surface area (Å²) in [4.78, 5) is 12.7. The van der Waals surface area contributed by atoms with Crippen molar-refractivity contribution in [1.29, 1.82) is 5.26 Å². The average molecular weight is 428 g/mol. The van der Waals surface area contributed by atoms with Crippen molar-refractivity contribution >= 4 is 15.9 Å². The smallest absolute Gasteiger partial charge is 0.243 e. The van der Waals surface area contributed by atoms with Gasteiger partial charge in [-0.3, -0.25) is 4.79 Å². The van der Waals surface area contributed by atoms with Crippen molar-refractivity contribution < 1.29 is 13.2 Å². The second-order valence-corrected chi connectivity index (χ2v) is 9.72. The predicted octanol–water partition coefficient (Wildman–Crippen LogP) is 3.64. The molecule has 2 aromatic rings. The number of aryl methyl sites for hydroxylation is 1. The number of carbonyl (C=O) groups excluding carboxylic acids is 1. The number of carbonyl (C=O) groups is 1. The molecule has 30 heavy (non-hydrogen) atoms. The van der Waals surface area contributed by atoms with E-state index in [0.29, 0.717) is 5.56 Å². The van der Waals surface area contributed by atoms with Crippen LogP contribution in [-0.4, -0.2) is 32.2 Å². The van der Waals surface area contributed by atoms with Crippen LogP contribution in [-0.2, 0) is 21.2 Å². The summed E-state index contributed by atoms with van der Waals surface area (Å²) >= 11 is 0. The first-order valence-electron chi connectivity index (χ1n) is 10.0. The molecule has 1 atom stereocenters. The van der Waals surface area contributed by atoms with E-state index in [4.69, 9.17) is 5.26 Å². The van der Waals surface area contributed by atoms with Crippen LogP contribution < -0.4 is 5.32 Å². The highest BCUT2D eigenvalue weighted by atomic mass is 32.2. The highest BCUT2D eigenvalue weighted by Gasteiger charge is 2.25. The number of nitrogens with one attached hydrogen (secondary N) is 1. The van der Waals surface area contributed by atoms with Crippen LogP contribution in [0.3, 0.4) is 0 Å². The summed E-state index contributed by atoms with van der Waals surface area (Å²) in [6.07, 6.45) is 2.08. The number of benzene rings is 2. The summed E-state index contributed by atoms with van der Waals surface area (Å²) in [5.74, 6) is -0.225. The van der Waals surface area contributed by atoms with Crippen molar-refractivity contribution in [2.75, 3.05) is 13.6 Å². The van der Waals surface area contributed by atoms with E-state index in [9.17, 15) is 13.2 Å². The number of likely N-dealkylation sites (N-methyl/N-ethyl adjacent to an activating group) is 1. The van der Waals surface area contributed by atoms with Crippen LogP contribution in [0.25, 0.3) is 0 Å². The lowest BCUT2D eigenvalue weighted by molar-refractivity contribution is -0.122. The van der Waals surface area contributed by atoms with Gasteiger partial charge in [-0.15, -0.1) is 0 Å². The highest BCUT2D eigenvalue weighted by molar-refractivity contribution is 7.89. The normalized spacial score (nSPS) is 12.6. The molecule has 0 fully saturated rings. The van der Waals surface area contributed by atoms with Crippen LogP contribution in [0, 0.1) is 17.2 Å². The lowest BCUT2D eigenvalue weighted by Crippen LogP contribution is -2.41. The second kappa shape index (κ2) is 10.4. The van der Waals surface area contributed by atoms with Gasteiger partial charge < -0.3 is 5.32 Å². The zero-order chi connectivity index (χ0) is 22.3. The summed E-state index contributed by atoms with van der Waals surface area (Å²) in [6.45, 7) is 5.87. The molecule has 6 nitrogen and oxygen atoms in total. The fraction of sp³-hybridized carbons (Fsp3) is 0.391.